The van der Waals surface area contributed by atoms with E-state index in [1.165, 1.54) is 43.9 Å². The van der Waals surface area contributed by atoms with E-state index in [1.807, 2.05) is 7.05 Å². The fourth-order valence-corrected chi connectivity index (χ4v) is 3.78. The van der Waals surface area contributed by atoms with Crippen LogP contribution < -0.4 is 10.6 Å². The van der Waals surface area contributed by atoms with Gasteiger partial charge in [0.2, 0.25) is 0 Å². The van der Waals surface area contributed by atoms with Crippen LogP contribution >= 0.6 is 0 Å². The SMILES string of the molecule is CCN1CCN(CC(C)CNC(=NC)NCCc2ccc(C(C)(C)C)cc2)CC1. The summed E-state index contributed by atoms with van der Waals surface area (Å²) in [5.74, 6) is 1.51. The van der Waals surface area contributed by atoms with Crippen molar-refractivity contribution in [1.82, 2.24) is 20.4 Å². The Morgan fingerprint density at radius 3 is 2.21 bits per heavy atom. The summed E-state index contributed by atoms with van der Waals surface area (Å²) in [6.45, 7) is 20.3. The van der Waals surface area contributed by atoms with Crippen molar-refractivity contribution in [3.63, 3.8) is 0 Å². The lowest BCUT2D eigenvalue weighted by Crippen LogP contribution is -2.48. The Morgan fingerprint density at radius 2 is 1.66 bits per heavy atom. The molecule has 2 rings (SSSR count). The molecule has 5 heteroatoms. The van der Waals surface area contributed by atoms with Crippen LogP contribution in [0.4, 0.5) is 0 Å². The molecule has 0 radical (unpaired) electrons. The van der Waals surface area contributed by atoms with Gasteiger partial charge in [-0.25, -0.2) is 0 Å². The maximum atomic E-state index is 4.38. The smallest absolute Gasteiger partial charge is 0.190 e. The highest BCUT2D eigenvalue weighted by Crippen LogP contribution is 2.22. The number of hydrogen-bond donors (Lipinski definition) is 2. The van der Waals surface area contributed by atoms with Crippen LogP contribution in [0.2, 0.25) is 0 Å². The standard InChI is InChI=1S/C24H43N5/c1-7-28-14-16-29(17-15-28)19-20(2)18-27-23(25-6)26-13-12-21-8-10-22(11-9-21)24(3,4)5/h8-11,20H,7,12-19H2,1-6H3,(H2,25,26,27). The van der Waals surface area contributed by atoms with Gasteiger partial charge in [-0.05, 0) is 35.4 Å². The number of piperazine rings is 1. The first-order valence-corrected chi connectivity index (χ1v) is 11.3. The van der Waals surface area contributed by atoms with Gasteiger partial charge in [0.25, 0.3) is 0 Å². The third-order valence-corrected chi connectivity index (χ3v) is 5.85. The third-order valence-electron chi connectivity index (χ3n) is 5.85. The molecule has 29 heavy (non-hydrogen) atoms. The molecular formula is C24H43N5. The quantitative estimate of drug-likeness (QED) is 0.519. The maximum Gasteiger partial charge on any atom is 0.190 e. The minimum absolute atomic E-state index is 0.211. The Bertz CT molecular complexity index is 609. The Labute approximate surface area is 179 Å². The van der Waals surface area contributed by atoms with Crippen molar-refractivity contribution >= 4 is 5.96 Å². The molecule has 0 aromatic heterocycles. The van der Waals surface area contributed by atoms with Crippen LogP contribution in [0.3, 0.4) is 0 Å². The largest absolute Gasteiger partial charge is 0.356 e. The van der Waals surface area contributed by atoms with E-state index in [0.717, 1.165) is 32.0 Å². The number of aliphatic imine (C=N–C) groups is 1. The summed E-state index contributed by atoms with van der Waals surface area (Å²) in [6.07, 6.45) is 1.00. The molecule has 1 aromatic carbocycles. The first kappa shape index (κ1) is 23.7. The molecule has 1 atom stereocenters. The summed E-state index contributed by atoms with van der Waals surface area (Å²) < 4.78 is 0. The van der Waals surface area contributed by atoms with Crippen molar-refractivity contribution in [2.75, 3.05) is 59.4 Å². The summed E-state index contributed by atoms with van der Waals surface area (Å²) in [5, 5.41) is 6.95. The van der Waals surface area contributed by atoms with Crippen molar-refractivity contribution in [2.45, 2.75) is 46.5 Å². The lowest BCUT2D eigenvalue weighted by molar-refractivity contribution is 0.124. The predicted octanol–water partition coefficient (Wildman–Crippen LogP) is 2.97. The molecule has 0 spiro atoms. The Hall–Kier alpha value is -1.59. The second-order valence-corrected chi connectivity index (χ2v) is 9.42. The van der Waals surface area contributed by atoms with Crippen molar-refractivity contribution < 1.29 is 0 Å². The van der Waals surface area contributed by atoms with Crippen LogP contribution in [0.25, 0.3) is 0 Å². The van der Waals surface area contributed by atoms with Crippen LogP contribution in [0.15, 0.2) is 29.3 Å². The zero-order valence-electron chi connectivity index (χ0n) is 19.6. The van der Waals surface area contributed by atoms with E-state index in [2.05, 4.69) is 84.3 Å². The molecule has 0 aliphatic carbocycles. The first-order valence-electron chi connectivity index (χ1n) is 11.3. The maximum absolute atomic E-state index is 4.38. The van der Waals surface area contributed by atoms with Crippen molar-refractivity contribution in [1.29, 1.82) is 0 Å². The fraction of sp³-hybridized carbons (Fsp3) is 0.708. The zero-order valence-corrected chi connectivity index (χ0v) is 19.6. The average Bonchev–Trinajstić information content (AvgIpc) is 2.70. The average molecular weight is 402 g/mol. The fourth-order valence-electron chi connectivity index (χ4n) is 3.78. The highest BCUT2D eigenvalue weighted by atomic mass is 15.3. The molecule has 1 aliphatic rings. The number of nitrogens with one attached hydrogen (secondary N) is 2. The van der Waals surface area contributed by atoms with E-state index >= 15 is 0 Å². The van der Waals surface area contributed by atoms with Crippen LogP contribution in [0.5, 0.6) is 0 Å². The van der Waals surface area contributed by atoms with Crippen molar-refractivity contribution in [3.8, 4) is 0 Å². The molecule has 164 valence electrons. The van der Waals surface area contributed by atoms with Gasteiger partial charge in [-0.1, -0.05) is 58.9 Å². The molecule has 2 N–H and O–H groups in total. The van der Waals surface area contributed by atoms with Gasteiger partial charge in [0.15, 0.2) is 5.96 Å². The first-order chi connectivity index (χ1) is 13.8. The Kier molecular flexibility index (Phi) is 9.44. The van der Waals surface area contributed by atoms with Gasteiger partial charge in [-0.2, -0.15) is 0 Å². The van der Waals surface area contributed by atoms with Crippen LogP contribution in [-0.4, -0.2) is 75.2 Å². The molecule has 1 saturated heterocycles. The molecule has 1 fully saturated rings. The minimum Gasteiger partial charge on any atom is -0.356 e. The summed E-state index contributed by atoms with van der Waals surface area (Å²) in [5.41, 5.74) is 2.96. The molecule has 5 nitrogen and oxygen atoms in total. The van der Waals surface area contributed by atoms with E-state index in [4.69, 9.17) is 0 Å². The highest BCUT2D eigenvalue weighted by molar-refractivity contribution is 5.79. The second kappa shape index (κ2) is 11.6. The summed E-state index contributed by atoms with van der Waals surface area (Å²) in [4.78, 5) is 9.50. The van der Waals surface area contributed by atoms with Gasteiger partial charge in [0, 0.05) is 52.9 Å². The van der Waals surface area contributed by atoms with Crippen molar-refractivity contribution in [3.05, 3.63) is 35.4 Å². The highest BCUT2D eigenvalue weighted by Gasteiger charge is 2.17. The number of guanidine groups is 1. The van der Waals surface area contributed by atoms with E-state index in [-0.39, 0.29) is 5.41 Å². The zero-order chi connectivity index (χ0) is 21.3. The Morgan fingerprint density at radius 1 is 1.03 bits per heavy atom. The van der Waals surface area contributed by atoms with Gasteiger partial charge in [0.1, 0.15) is 0 Å². The van der Waals surface area contributed by atoms with Crippen LogP contribution in [0.1, 0.15) is 45.7 Å². The molecule has 1 heterocycles. The molecule has 0 saturated carbocycles. The number of nitrogens with zero attached hydrogens (tertiary/aromatic N) is 3. The van der Waals surface area contributed by atoms with Gasteiger partial charge < -0.3 is 20.4 Å². The predicted molar refractivity (Wildman–Crippen MR) is 126 cm³/mol. The van der Waals surface area contributed by atoms with E-state index in [0.29, 0.717) is 5.92 Å². The van der Waals surface area contributed by atoms with Crippen molar-refractivity contribution in [2.24, 2.45) is 10.9 Å². The second-order valence-electron chi connectivity index (χ2n) is 9.42. The van der Waals surface area contributed by atoms with E-state index in [9.17, 15) is 0 Å². The van der Waals surface area contributed by atoms with E-state index in [1.54, 1.807) is 0 Å². The molecule has 1 unspecified atom stereocenters. The molecule has 0 amide bonds. The number of likely N-dealkylation sites (N-methyl/N-ethyl adjacent to an activating group) is 1. The minimum atomic E-state index is 0.211. The Balaban J connectivity index is 1.66. The van der Waals surface area contributed by atoms with Gasteiger partial charge >= 0.3 is 0 Å². The lowest BCUT2D eigenvalue weighted by Gasteiger charge is -2.35. The third kappa shape index (κ3) is 8.35. The van der Waals surface area contributed by atoms with Gasteiger partial charge in [-0.15, -0.1) is 0 Å². The number of benzene rings is 1. The normalized spacial score (nSPS) is 17.9. The topological polar surface area (TPSA) is 42.9 Å². The van der Waals surface area contributed by atoms with Gasteiger partial charge in [-0.3, -0.25) is 4.99 Å². The number of rotatable bonds is 8. The molecule has 0 bridgehead atoms. The summed E-state index contributed by atoms with van der Waals surface area (Å²) >= 11 is 0. The molecule has 1 aliphatic heterocycles. The van der Waals surface area contributed by atoms with Crippen LogP contribution in [0, 0.1) is 5.92 Å². The van der Waals surface area contributed by atoms with E-state index < -0.39 is 0 Å². The summed E-state index contributed by atoms with van der Waals surface area (Å²) in [7, 11) is 1.85. The monoisotopic (exact) mass is 401 g/mol. The molecule has 1 aromatic rings. The molecular weight excluding hydrogens is 358 g/mol. The van der Waals surface area contributed by atoms with Gasteiger partial charge in [0.05, 0.1) is 0 Å². The summed E-state index contributed by atoms with van der Waals surface area (Å²) in [6, 6.07) is 9.01. The lowest BCUT2D eigenvalue weighted by atomic mass is 9.86. The van der Waals surface area contributed by atoms with Crippen LogP contribution in [-0.2, 0) is 11.8 Å². The number of hydrogen-bond acceptors (Lipinski definition) is 3.